The van der Waals surface area contributed by atoms with E-state index in [0.29, 0.717) is 0 Å². The van der Waals surface area contributed by atoms with Gasteiger partial charge in [0.05, 0.1) is 12.8 Å². The summed E-state index contributed by atoms with van der Waals surface area (Å²) in [6.07, 6.45) is 2.43. The summed E-state index contributed by atoms with van der Waals surface area (Å²) in [5.74, 6) is -1.52. The Morgan fingerprint density at radius 2 is 2.26 bits per heavy atom. The number of esters is 1. The van der Waals surface area contributed by atoms with Gasteiger partial charge in [0.25, 0.3) is 5.91 Å². The Balaban J connectivity index is 2.80. The zero-order valence-electron chi connectivity index (χ0n) is 10.6. The molecule has 0 aliphatic heterocycles. The number of rotatable bonds is 6. The number of hydrogen-bond acceptors (Lipinski definition) is 4. The fourth-order valence-corrected chi connectivity index (χ4v) is 1.40. The Morgan fingerprint density at radius 1 is 1.53 bits per heavy atom. The average molecular weight is 266 g/mol. The van der Waals surface area contributed by atoms with E-state index in [1.54, 1.807) is 6.92 Å². The number of hydrogen-bond donors (Lipinski definition) is 0. The molecule has 0 aliphatic rings. The Bertz CT molecular complexity index is 459. The normalized spacial score (nSPS) is 9.79. The number of pyridine rings is 1. The van der Waals surface area contributed by atoms with Crippen LogP contribution in [0.25, 0.3) is 0 Å². The van der Waals surface area contributed by atoms with Crippen LogP contribution in [0.2, 0.25) is 0 Å². The van der Waals surface area contributed by atoms with Crippen molar-refractivity contribution in [2.45, 2.75) is 6.92 Å². The lowest BCUT2D eigenvalue weighted by Crippen LogP contribution is -2.37. The molecular weight excluding hydrogens is 251 g/mol. The van der Waals surface area contributed by atoms with E-state index in [9.17, 15) is 14.0 Å². The summed E-state index contributed by atoms with van der Waals surface area (Å²) in [6.45, 7) is 5.42. The van der Waals surface area contributed by atoms with Gasteiger partial charge >= 0.3 is 5.97 Å². The highest BCUT2D eigenvalue weighted by atomic mass is 19.1. The lowest BCUT2D eigenvalue weighted by Gasteiger charge is -2.19. The molecule has 102 valence electrons. The van der Waals surface area contributed by atoms with Crippen LogP contribution in [0, 0.1) is 5.82 Å². The fourth-order valence-electron chi connectivity index (χ4n) is 1.40. The predicted octanol–water partition coefficient (Wildman–Crippen LogP) is 1.41. The van der Waals surface area contributed by atoms with Crippen LogP contribution in [-0.2, 0) is 9.53 Å². The number of carbonyl (C=O) groups excluding carboxylic acids is 2. The first-order chi connectivity index (χ1) is 9.08. The van der Waals surface area contributed by atoms with Crippen LogP contribution in [0.3, 0.4) is 0 Å². The molecule has 5 nitrogen and oxygen atoms in total. The van der Waals surface area contributed by atoms with Crippen molar-refractivity contribution < 1.29 is 18.7 Å². The number of nitrogens with zero attached hydrogens (tertiary/aromatic N) is 2. The molecule has 1 amide bonds. The number of amides is 1. The first-order valence-electron chi connectivity index (χ1n) is 5.75. The molecule has 0 bridgehead atoms. The van der Waals surface area contributed by atoms with E-state index in [0.717, 1.165) is 12.3 Å². The fraction of sp³-hybridized carbons (Fsp3) is 0.308. The maximum atomic E-state index is 12.7. The topological polar surface area (TPSA) is 59.5 Å². The van der Waals surface area contributed by atoms with Crippen molar-refractivity contribution in [2.75, 3.05) is 19.7 Å². The van der Waals surface area contributed by atoms with Gasteiger partial charge in [-0.1, -0.05) is 6.08 Å². The Hall–Kier alpha value is -2.24. The molecule has 1 aromatic rings. The first kappa shape index (κ1) is 14.8. The van der Waals surface area contributed by atoms with Gasteiger partial charge in [-0.05, 0) is 19.1 Å². The van der Waals surface area contributed by atoms with Gasteiger partial charge < -0.3 is 9.64 Å². The van der Waals surface area contributed by atoms with Crippen molar-refractivity contribution in [1.29, 1.82) is 0 Å². The summed E-state index contributed by atoms with van der Waals surface area (Å²) in [5.41, 5.74) is 0.0625. The third-order valence-corrected chi connectivity index (χ3v) is 2.21. The average Bonchev–Trinajstić information content (AvgIpc) is 2.38. The van der Waals surface area contributed by atoms with Crippen LogP contribution in [-0.4, -0.2) is 41.5 Å². The maximum Gasteiger partial charge on any atom is 0.325 e. The molecule has 0 spiro atoms. The second-order valence-electron chi connectivity index (χ2n) is 3.64. The highest BCUT2D eigenvalue weighted by Crippen LogP contribution is 2.04. The van der Waals surface area contributed by atoms with E-state index >= 15 is 0 Å². The van der Waals surface area contributed by atoms with Gasteiger partial charge in [0.1, 0.15) is 18.1 Å². The molecule has 0 saturated heterocycles. The van der Waals surface area contributed by atoms with Gasteiger partial charge in [-0.25, -0.2) is 9.37 Å². The molecule has 0 radical (unpaired) electrons. The minimum atomic E-state index is -0.530. The van der Waals surface area contributed by atoms with E-state index < -0.39 is 17.7 Å². The van der Waals surface area contributed by atoms with Crippen molar-refractivity contribution in [3.8, 4) is 0 Å². The summed E-state index contributed by atoms with van der Waals surface area (Å²) < 4.78 is 17.5. The quantitative estimate of drug-likeness (QED) is 0.577. The molecule has 0 aromatic carbocycles. The minimum Gasteiger partial charge on any atom is -0.465 e. The van der Waals surface area contributed by atoms with Gasteiger partial charge in [0.2, 0.25) is 0 Å². The van der Waals surface area contributed by atoms with Crippen LogP contribution in [0.5, 0.6) is 0 Å². The summed E-state index contributed by atoms with van der Waals surface area (Å²) >= 11 is 0. The summed E-state index contributed by atoms with van der Waals surface area (Å²) in [5, 5.41) is 0. The lowest BCUT2D eigenvalue weighted by molar-refractivity contribution is -0.143. The summed E-state index contributed by atoms with van der Waals surface area (Å²) in [6, 6.07) is 2.40. The Labute approximate surface area is 110 Å². The number of carbonyl (C=O) groups is 2. The summed E-state index contributed by atoms with van der Waals surface area (Å²) in [7, 11) is 0. The monoisotopic (exact) mass is 266 g/mol. The Kier molecular flexibility index (Phi) is 5.66. The molecule has 1 heterocycles. The Morgan fingerprint density at radius 3 is 2.79 bits per heavy atom. The minimum absolute atomic E-state index is 0.0625. The van der Waals surface area contributed by atoms with Gasteiger partial charge in [-0.15, -0.1) is 6.58 Å². The van der Waals surface area contributed by atoms with Crippen molar-refractivity contribution in [1.82, 2.24) is 9.88 Å². The van der Waals surface area contributed by atoms with Crippen LogP contribution < -0.4 is 0 Å². The summed E-state index contributed by atoms with van der Waals surface area (Å²) in [4.78, 5) is 28.4. The molecule has 0 fully saturated rings. The number of aromatic nitrogens is 1. The van der Waals surface area contributed by atoms with Crippen molar-refractivity contribution in [3.63, 3.8) is 0 Å². The molecule has 6 heteroatoms. The molecule has 0 saturated carbocycles. The lowest BCUT2D eigenvalue weighted by atomic mass is 10.3. The van der Waals surface area contributed by atoms with Gasteiger partial charge in [-0.3, -0.25) is 9.59 Å². The third kappa shape index (κ3) is 4.50. The molecule has 1 aromatic heterocycles. The van der Waals surface area contributed by atoms with Gasteiger partial charge in [-0.2, -0.15) is 0 Å². The van der Waals surface area contributed by atoms with Crippen molar-refractivity contribution in [3.05, 3.63) is 42.5 Å². The van der Waals surface area contributed by atoms with E-state index in [2.05, 4.69) is 11.6 Å². The molecule has 19 heavy (non-hydrogen) atoms. The second-order valence-corrected chi connectivity index (χ2v) is 3.64. The second kappa shape index (κ2) is 7.25. The number of ether oxygens (including phenoxy) is 1. The van der Waals surface area contributed by atoms with E-state index in [-0.39, 0.29) is 25.4 Å². The smallest absolute Gasteiger partial charge is 0.325 e. The van der Waals surface area contributed by atoms with Crippen LogP contribution >= 0.6 is 0 Å². The standard InChI is InChI=1S/C13H15FN2O3/c1-3-7-16(9-12(17)19-4-2)13(18)11-6-5-10(14)8-15-11/h3,5-6,8H,1,4,7,9H2,2H3. The van der Waals surface area contributed by atoms with Gasteiger partial charge in [0, 0.05) is 6.54 Å². The van der Waals surface area contributed by atoms with Crippen LogP contribution in [0.15, 0.2) is 31.0 Å². The number of halogens is 1. The van der Waals surface area contributed by atoms with Crippen molar-refractivity contribution >= 4 is 11.9 Å². The maximum absolute atomic E-state index is 12.7. The van der Waals surface area contributed by atoms with E-state index in [1.165, 1.54) is 17.0 Å². The van der Waals surface area contributed by atoms with Gasteiger partial charge in [0.15, 0.2) is 0 Å². The van der Waals surface area contributed by atoms with E-state index in [4.69, 9.17) is 4.74 Å². The molecule has 0 atom stereocenters. The van der Waals surface area contributed by atoms with Crippen molar-refractivity contribution in [2.24, 2.45) is 0 Å². The largest absolute Gasteiger partial charge is 0.465 e. The third-order valence-electron chi connectivity index (χ3n) is 2.21. The van der Waals surface area contributed by atoms with Crippen LogP contribution in [0.4, 0.5) is 4.39 Å². The SMILES string of the molecule is C=CCN(CC(=O)OCC)C(=O)c1ccc(F)cn1. The molecule has 1 rings (SSSR count). The zero-order valence-corrected chi connectivity index (χ0v) is 10.6. The molecular formula is C13H15FN2O3. The van der Waals surface area contributed by atoms with E-state index in [1.807, 2.05) is 0 Å². The molecule has 0 unspecified atom stereocenters. The zero-order chi connectivity index (χ0) is 14.3. The highest BCUT2D eigenvalue weighted by Gasteiger charge is 2.19. The predicted molar refractivity (Wildman–Crippen MR) is 66.9 cm³/mol. The first-order valence-corrected chi connectivity index (χ1v) is 5.75. The van der Waals surface area contributed by atoms with Crippen LogP contribution in [0.1, 0.15) is 17.4 Å². The highest BCUT2D eigenvalue weighted by molar-refractivity contribution is 5.94. The molecule has 0 N–H and O–H groups in total. The molecule has 0 aliphatic carbocycles.